The minimum atomic E-state index is -0.102. The zero-order valence-corrected chi connectivity index (χ0v) is 14.4. The summed E-state index contributed by atoms with van der Waals surface area (Å²) < 4.78 is 28.6. The second-order valence-corrected chi connectivity index (χ2v) is 6.87. The number of hydrogen-bond acceptors (Lipinski definition) is 6. The maximum atomic E-state index is 9.70. The Morgan fingerprint density at radius 2 is 1.69 bits per heavy atom. The highest BCUT2D eigenvalue weighted by atomic mass is 16.7. The first-order valence-electron chi connectivity index (χ1n) is 8.74. The van der Waals surface area contributed by atoms with Gasteiger partial charge in [0, 0.05) is 23.5 Å². The van der Waals surface area contributed by atoms with Crippen molar-refractivity contribution in [3.63, 3.8) is 0 Å². The maximum Gasteiger partial charge on any atom is 0.231 e. The predicted molar refractivity (Wildman–Crippen MR) is 91.6 cm³/mol. The van der Waals surface area contributed by atoms with E-state index < -0.39 is 0 Å². The molecular weight excluding hydrogens is 336 g/mol. The van der Waals surface area contributed by atoms with Crippen molar-refractivity contribution in [2.45, 2.75) is 12.2 Å². The van der Waals surface area contributed by atoms with Crippen LogP contribution in [0.1, 0.15) is 23.3 Å². The summed E-state index contributed by atoms with van der Waals surface area (Å²) in [7, 11) is 1.60. The van der Waals surface area contributed by atoms with E-state index in [0.717, 1.165) is 22.6 Å². The van der Waals surface area contributed by atoms with Gasteiger partial charge in [0.2, 0.25) is 6.79 Å². The lowest BCUT2D eigenvalue weighted by Gasteiger charge is -2.19. The van der Waals surface area contributed by atoms with Gasteiger partial charge in [-0.2, -0.15) is 0 Å². The maximum absolute atomic E-state index is 9.70. The topological polar surface area (TPSA) is 66.4 Å². The van der Waals surface area contributed by atoms with Crippen LogP contribution in [-0.4, -0.2) is 32.2 Å². The Bertz CT molecular complexity index is 835. The van der Waals surface area contributed by atoms with Gasteiger partial charge in [-0.05, 0) is 29.8 Å². The highest BCUT2D eigenvalue weighted by molar-refractivity contribution is 5.46. The predicted octanol–water partition coefficient (Wildman–Crippen LogP) is 3.20. The highest BCUT2D eigenvalue weighted by Gasteiger charge is 2.48. The monoisotopic (exact) mass is 356 g/mol. The van der Waals surface area contributed by atoms with Crippen LogP contribution in [0.15, 0.2) is 36.4 Å². The zero-order valence-electron chi connectivity index (χ0n) is 14.4. The van der Waals surface area contributed by atoms with Gasteiger partial charge in [0.25, 0.3) is 0 Å². The smallest absolute Gasteiger partial charge is 0.231 e. The molecule has 4 atom stereocenters. The van der Waals surface area contributed by atoms with Gasteiger partial charge >= 0.3 is 0 Å². The fraction of sp³-hybridized carbons (Fsp3) is 0.400. The van der Waals surface area contributed by atoms with Crippen molar-refractivity contribution in [1.82, 2.24) is 0 Å². The van der Waals surface area contributed by atoms with Crippen LogP contribution < -0.4 is 14.2 Å². The molecule has 26 heavy (non-hydrogen) atoms. The van der Waals surface area contributed by atoms with Crippen LogP contribution in [0.2, 0.25) is 0 Å². The second kappa shape index (κ2) is 6.07. The molecule has 0 radical (unpaired) electrons. The molecule has 136 valence electrons. The third-order valence-electron chi connectivity index (χ3n) is 5.51. The molecule has 0 amide bonds. The molecule has 6 nitrogen and oxygen atoms in total. The third-order valence-corrected chi connectivity index (χ3v) is 5.51. The van der Waals surface area contributed by atoms with Crippen molar-refractivity contribution in [3.8, 4) is 23.0 Å². The summed E-state index contributed by atoms with van der Waals surface area (Å²) in [4.78, 5) is 0. The number of ether oxygens (including phenoxy) is 5. The molecule has 6 heteroatoms. The first kappa shape index (κ1) is 15.8. The van der Waals surface area contributed by atoms with Gasteiger partial charge < -0.3 is 28.8 Å². The number of phenols is 1. The average Bonchev–Trinajstić information content (AvgIpc) is 3.37. The summed E-state index contributed by atoms with van der Waals surface area (Å²) in [6, 6.07) is 11.1. The molecule has 0 unspecified atom stereocenters. The van der Waals surface area contributed by atoms with Gasteiger partial charge in [-0.25, -0.2) is 0 Å². The molecule has 2 aromatic rings. The molecular formula is C20H20O6. The molecule has 3 aliphatic heterocycles. The fourth-order valence-corrected chi connectivity index (χ4v) is 4.24. The van der Waals surface area contributed by atoms with E-state index >= 15 is 0 Å². The van der Waals surface area contributed by atoms with E-state index in [1.165, 1.54) is 0 Å². The van der Waals surface area contributed by atoms with Crippen LogP contribution in [0.4, 0.5) is 0 Å². The SMILES string of the molecule is COc1cc(O)ccc1[C@H]1OC[C@H]2[C@@H]1CO[C@@H]2c1ccc2c(c1)OCO2. The number of methoxy groups -OCH3 is 1. The van der Waals surface area contributed by atoms with Gasteiger partial charge in [0.15, 0.2) is 11.5 Å². The van der Waals surface area contributed by atoms with E-state index in [0.29, 0.717) is 19.0 Å². The molecule has 0 aromatic heterocycles. The Morgan fingerprint density at radius 3 is 2.54 bits per heavy atom. The second-order valence-electron chi connectivity index (χ2n) is 6.87. The quantitative estimate of drug-likeness (QED) is 0.911. The van der Waals surface area contributed by atoms with Crippen LogP contribution in [0.3, 0.4) is 0 Å². The molecule has 0 spiro atoms. The number of phenolic OH excluding ortho intramolecular Hbond substituents is 1. The fourth-order valence-electron chi connectivity index (χ4n) is 4.24. The zero-order chi connectivity index (χ0) is 17.7. The number of benzene rings is 2. The van der Waals surface area contributed by atoms with Crippen LogP contribution in [-0.2, 0) is 9.47 Å². The van der Waals surface area contributed by atoms with E-state index in [-0.39, 0.29) is 36.6 Å². The molecule has 3 aliphatic rings. The Kier molecular flexibility index (Phi) is 3.69. The lowest BCUT2D eigenvalue weighted by atomic mass is 9.84. The summed E-state index contributed by atoms with van der Waals surface area (Å²) >= 11 is 0. The first-order valence-corrected chi connectivity index (χ1v) is 8.74. The molecule has 1 N–H and O–H groups in total. The summed E-state index contributed by atoms with van der Waals surface area (Å²) in [6.07, 6.45) is -0.128. The van der Waals surface area contributed by atoms with Gasteiger partial charge in [0.1, 0.15) is 11.5 Å². The highest BCUT2D eigenvalue weighted by Crippen LogP contribution is 2.52. The average molecular weight is 356 g/mol. The number of hydrogen-bond donors (Lipinski definition) is 1. The van der Waals surface area contributed by atoms with E-state index in [1.807, 2.05) is 24.3 Å². The molecule has 2 fully saturated rings. The van der Waals surface area contributed by atoms with Gasteiger partial charge in [-0.15, -0.1) is 0 Å². The van der Waals surface area contributed by atoms with E-state index in [2.05, 4.69) is 0 Å². The van der Waals surface area contributed by atoms with Crippen molar-refractivity contribution >= 4 is 0 Å². The number of rotatable bonds is 3. The lowest BCUT2D eigenvalue weighted by Crippen LogP contribution is -2.15. The lowest BCUT2D eigenvalue weighted by molar-refractivity contribution is 0.0185. The van der Waals surface area contributed by atoms with Crippen molar-refractivity contribution in [2.24, 2.45) is 11.8 Å². The molecule has 0 saturated carbocycles. The summed E-state index contributed by atoms with van der Waals surface area (Å²) in [5, 5.41) is 9.70. The minimum absolute atomic E-state index is 0.0254. The van der Waals surface area contributed by atoms with Crippen molar-refractivity contribution in [2.75, 3.05) is 27.1 Å². The van der Waals surface area contributed by atoms with E-state index in [9.17, 15) is 5.11 Å². The Labute approximate surface area is 151 Å². The van der Waals surface area contributed by atoms with E-state index in [1.54, 1.807) is 19.2 Å². The molecule has 0 bridgehead atoms. The van der Waals surface area contributed by atoms with Crippen LogP contribution in [0, 0.1) is 11.8 Å². The van der Waals surface area contributed by atoms with Gasteiger partial charge in [-0.1, -0.05) is 6.07 Å². The molecule has 5 rings (SSSR count). The summed E-state index contributed by atoms with van der Waals surface area (Å²) in [5.74, 6) is 2.87. The van der Waals surface area contributed by atoms with Crippen LogP contribution >= 0.6 is 0 Å². The van der Waals surface area contributed by atoms with Crippen LogP contribution in [0.25, 0.3) is 0 Å². The van der Waals surface area contributed by atoms with E-state index in [4.69, 9.17) is 23.7 Å². The van der Waals surface area contributed by atoms with Crippen LogP contribution in [0.5, 0.6) is 23.0 Å². The summed E-state index contributed by atoms with van der Waals surface area (Å²) in [5.41, 5.74) is 2.04. The number of fused-ring (bicyclic) bond motifs is 2. The van der Waals surface area contributed by atoms with Gasteiger partial charge in [-0.3, -0.25) is 0 Å². The third kappa shape index (κ3) is 2.40. The Morgan fingerprint density at radius 1 is 0.923 bits per heavy atom. The molecule has 0 aliphatic carbocycles. The Balaban J connectivity index is 1.42. The molecule has 2 aromatic carbocycles. The van der Waals surface area contributed by atoms with Crippen molar-refractivity contribution < 1.29 is 28.8 Å². The number of aromatic hydroxyl groups is 1. The standard InChI is InChI=1S/C20H20O6/c1-22-17-7-12(21)3-4-13(17)20-15-9-23-19(14(15)8-24-20)11-2-5-16-18(6-11)26-10-25-16/h2-7,14-15,19-21H,8-10H2,1H3/t14-,15-,19+,20+/m0/s1. The largest absolute Gasteiger partial charge is 0.508 e. The normalized spacial score (nSPS) is 29.0. The van der Waals surface area contributed by atoms with Crippen molar-refractivity contribution in [1.29, 1.82) is 0 Å². The van der Waals surface area contributed by atoms with Crippen molar-refractivity contribution in [3.05, 3.63) is 47.5 Å². The Hall–Kier alpha value is -2.44. The van der Waals surface area contributed by atoms with Gasteiger partial charge in [0.05, 0.1) is 32.5 Å². The minimum Gasteiger partial charge on any atom is -0.508 e. The molecule has 2 saturated heterocycles. The first-order chi connectivity index (χ1) is 12.7. The molecule has 3 heterocycles. The summed E-state index contributed by atoms with van der Waals surface area (Å²) in [6.45, 7) is 1.51.